The minimum absolute atomic E-state index is 0.126. The Labute approximate surface area is 116 Å². The van der Waals surface area contributed by atoms with E-state index in [0.717, 1.165) is 14.5 Å². The minimum atomic E-state index is 0.126. The Morgan fingerprint density at radius 1 is 0.882 bits per heavy atom. The standard InChI is InChI=1S/C13H10Br2O2/c1-7-5-6-10(17)12(13(7)15)11-8(14)3-2-4-9(11)16/h2-6,16-17H,1H3. The highest BCUT2D eigenvalue weighted by atomic mass is 79.9. The molecule has 0 saturated heterocycles. The molecular formula is C13H10Br2O2. The molecule has 0 aliphatic rings. The Kier molecular flexibility index (Phi) is 3.45. The summed E-state index contributed by atoms with van der Waals surface area (Å²) in [4.78, 5) is 0. The molecule has 2 rings (SSSR count). The number of hydrogen-bond acceptors (Lipinski definition) is 2. The Morgan fingerprint density at radius 3 is 2.18 bits per heavy atom. The van der Waals surface area contributed by atoms with Gasteiger partial charge in [-0.05, 0) is 46.6 Å². The lowest BCUT2D eigenvalue weighted by molar-refractivity contribution is 0.468. The van der Waals surface area contributed by atoms with Crippen LogP contribution in [-0.4, -0.2) is 10.2 Å². The lowest BCUT2D eigenvalue weighted by atomic mass is 10.0. The van der Waals surface area contributed by atoms with Gasteiger partial charge in [0.15, 0.2) is 0 Å². The van der Waals surface area contributed by atoms with Gasteiger partial charge in [0, 0.05) is 20.1 Å². The molecule has 0 heterocycles. The van der Waals surface area contributed by atoms with Gasteiger partial charge in [0.2, 0.25) is 0 Å². The summed E-state index contributed by atoms with van der Waals surface area (Å²) in [5, 5.41) is 19.9. The monoisotopic (exact) mass is 356 g/mol. The van der Waals surface area contributed by atoms with Crippen LogP contribution < -0.4 is 0 Å². The average Bonchev–Trinajstić information content (AvgIpc) is 2.28. The van der Waals surface area contributed by atoms with E-state index in [4.69, 9.17) is 0 Å². The fourth-order valence-electron chi connectivity index (χ4n) is 1.67. The lowest BCUT2D eigenvalue weighted by Gasteiger charge is -2.13. The number of hydrogen-bond donors (Lipinski definition) is 2. The van der Waals surface area contributed by atoms with Crippen molar-refractivity contribution in [2.24, 2.45) is 0 Å². The number of phenols is 2. The number of phenolic OH excluding ortho intramolecular Hbond substituents is 2. The van der Waals surface area contributed by atoms with Crippen molar-refractivity contribution in [1.29, 1.82) is 0 Å². The Bertz CT molecular complexity index is 560. The van der Waals surface area contributed by atoms with Crippen molar-refractivity contribution in [3.05, 3.63) is 44.8 Å². The third-order valence-electron chi connectivity index (χ3n) is 2.55. The predicted molar refractivity (Wildman–Crippen MR) is 75.3 cm³/mol. The molecule has 2 aromatic carbocycles. The van der Waals surface area contributed by atoms with Crippen LogP contribution in [0.15, 0.2) is 39.3 Å². The van der Waals surface area contributed by atoms with Crippen LogP contribution in [0.3, 0.4) is 0 Å². The van der Waals surface area contributed by atoms with E-state index in [1.165, 1.54) is 0 Å². The number of aromatic hydroxyl groups is 2. The maximum absolute atomic E-state index is 9.96. The molecule has 0 radical (unpaired) electrons. The summed E-state index contributed by atoms with van der Waals surface area (Å²) in [6.07, 6.45) is 0. The van der Waals surface area contributed by atoms with Gasteiger partial charge < -0.3 is 10.2 Å². The van der Waals surface area contributed by atoms with E-state index in [1.54, 1.807) is 18.2 Å². The number of benzene rings is 2. The SMILES string of the molecule is Cc1ccc(O)c(-c2c(O)cccc2Br)c1Br. The van der Waals surface area contributed by atoms with Crippen LogP contribution in [0, 0.1) is 6.92 Å². The van der Waals surface area contributed by atoms with Crippen molar-refractivity contribution in [3.8, 4) is 22.6 Å². The van der Waals surface area contributed by atoms with Gasteiger partial charge in [0.25, 0.3) is 0 Å². The van der Waals surface area contributed by atoms with Crippen LogP contribution >= 0.6 is 31.9 Å². The van der Waals surface area contributed by atoms with E-state index in [2.05, 4.69) is 31.9 Å². The third-order valence-corrected chi connectivity index (χ3v) is 4.24. The van der Waals surface area contributed by atoms with Gasteiger partial charge in [0.1, 0.15) is 11.5 Å². The molecule has 0 atom stereocenters. The van der Waals surface area contributed by atoms with Gasteiger partial charge in [-0.25, -0.2) is 0 Å². The number of halogens is 2. The summed E-state index contributed by atoms with van der Waals surface area (Å²) in [5.74, 6) is 0.255. The molecule has 0 aliphatic carbocycles. The van der Waals surface area contributed by atoms with Crippen LogP contribution in [0.2, 0.25) is 0 Å². The van der Waals surface area contributed by atoms with Crippen molar-refractivity contribution in [3.63, 3.8) is 0 Å². The summed E-state index contributed by atoms with van der Waals surface area (Å²) in [6.45, 7) is 1.93. The van der Waals surface area contributed by atoms with Gasteiger partial charge in [-0.3, -0.25) is 0 Å². The van der Waals surface area contributed by atoms with Gasteiger partial charge in [-0.15, -0.1) is 0 Å². The summed E-state index contributed by atoms with van der Waals surface area (Å²) in [7, 11) is 0. The highest BCUT2D eigenvalue weighted by Gasteiger charge is 2.17. The molecule has 2 N–H and O–H groups in total. The largest absolute Gasteiger partial charge is 0.507 e. The highest BCUT2D eigenvalue weighted by molar-refractivity contribution is 9.11. The fourth-order valence-corrected chi connectivity index (χ4v) is 2.76. The van der Waals surface area contributed by atoms with Crippen molar-refractivity contribution in [1.82, 2.24) is 0 Å². The Morgan fingerprint density at radius 2 is 1.53 bits per heavy atom. The lowest BCUT2D eigenvalue weighted by Crippen LogP contribution is -1.87. The Balaban J connectivity index is 2.82. The molecule has 88 valence electrons. The van der Waals surface area contributed by atoms with Gasteiger partial charge in [-0.2, -0.15) is 0 Å². The van der Waals surface area contributed by atoms with E-state index >= 15 is 0 Å². The van der Waals surface area contributed by atoms with Crippen molar-refractivity contribution in [2.75, 3.05) is 0 Å². The second kappa shape index (κ2) is 4.70. The highest BCUT2D eigenvalue weighted by Crippen LogP contribution is 2.45. The predicted octanol–water partition coefficient (Wildman–Crippen LogP) is 4.60. The molecular weight excluding hydrogens is 348 g/mol. The van der Waals surface area contributed by atoms with Crippen LogP contribution in [-0.2, 0) is 0 Å². The summed E-state index contributed by atoms with van der Waals surface area (Å²) in [6, 6.07) is 8.59. The van der Waals surface area contributed by atoms with Crippen molar-refractivity contribution in [2.45, 2.75) is 6.92 Å². The zero-order valence-electron chi connectivity index (χ0n) is 9.04. The summed E-state index contributed by atoms with van der Waals surface area (Å²) >= 11 is 6.83. The molecule has 2 aromatic rings. The maximum Gasteiger partial charge on any atom is 0.124 e. The molecule has 4 heteroatoms. The smallest absolute Gasteiger partial charge is 0.124 e. The first-order valence-electron chi connectivity index (χ1n) is 4.98. The molecule has 0 aliphatic heterocycles. The number of rotatable bonds is 1. The molecule has 0 amide bonds. The normalized spacial score (nSPS) is 10.5. The second-order valence-electron chi connectivity index (χ2n) is 3.72. The van der Waals surface area contributed by atoms with E-state index in [-0.39, 0.29) is 11.5 Å². The fraction of sp³-hybridized carbons (Fsp3) is 0.0769. The van der Waals surface area contributed by atoms with Crippen LogP contribution in [0.4, 0.5) is 0 Å². The molecule has 0 spiro atoms. The van der Waals surface area contributed by atoms with Gasteiger partial charge in [0.05, 0.1) is 0 Å². The van der Waals surface area contributed by atoms with E-state index in [9.17, 15) is 10.2 Å². The van der Waals surface area contributed by atoms with E-state index < -0.39 is 0 Å². The quantitative estimate of drug-likeness (QED) is 0.783. The van der Waals surface area contributed by atoms with Crippen molar-refractivity contribution >= 4 is 31.9 Å². The summed E-state index contributed by atoms with van der Waals surface area (Å²) < 4.78 is 1.51. The van der Waals surface area contributed by atoms with Gasteiger partial charge >= 0.3 is 0 Å². The van der Waals surface area contributed by atoms with E-state index in [0.29, 0.717) is 11.1 Å². The first kappa shape index (κ1) is 12.5. The molecule has 0 saturated carbocycles. The van der Waals surface area contributed by atoms with Crippen molar-refractivity contribution < 1.29 is 10.2 Å². The van der Waals surface area contributed by atoms with E-state index in [1.807, 2.05) is 19.1 Å². The van der Waals surface area contributed by atoms with Crippen LogP contribution in [0.1, 0.15) is 5.56 Å². The minimum Gasteiger partial charge on any atom is -0.507 e. The first-order valence-corrected chi connectivity index (χ1v) is 6.57. The molecule has 2 nitrogen and oxygen atoms in total. The zero-order chi connectivity index (χ0) is 12.6. The Hall–Kier alpha value is -1.000. The van der Waals surface area contributed by atoms with Crippen LogP contribution in [0.5, 0.6) is 11.5 Å². The molecule has 0 unspecified atom stereocenters. The topological polar surface area (TPSA) is 40.5 Å². The molecule has 0 aromatic heterocycles. The average molecular weight is 358 g/mol. The van der Waals surface area contributed by atoms with Gasteiger partial charge in [-0.1, -0.05) is 28.1 Å². The first-order chi connectivity index (χ1) is 8.02. The molecule has 0 bridgehead atoms. The molecule has 0 fully saturated rings. The van der Waals surface area contributed by atoms with Crippen LogP contribution in [0.25, 0.3) is 11.1 Å². The maximum atomic E-state index is 9.96. The second-order valence-corrected chi connectivity index (χ2v) is 5.37. The number of aryl methyl sites for hydroxylation is 1. The third kappa shape index (κ3) is 2.19. The summed E-state index contributed by atoms with van der Waals surface area (Å²) in [5.41, 5.74) is 2.17. The zero-order valence-corrected chi connectivity index (χ0v) is 12.2. The molecule has 17 heavy (non-hydrogen) atoms.